The molecule has 0 aliphatic heterocycles. The number of hydrazine groups is 1. The molecule has 0 aromatic carbocycles. The van der Waals surface area contributed by atoms with Crippen LogP contribution in [0.4, 0.5) is 5.95 Å². The van der Waals surface area contributed by atoms with E-state index < -0.39 is 11.8 Å². The Morgan fingerprint density at radius 3 is 2.57 bits per heavy atom. The number of carbonyl (C=O) groups excluding carboxylic acids is 2. The first-order valence-corrected chi connectivity index (χ1v) is 6.23. The largest absolute Gasteiger partial charge is 0.459 e. The topological polar surface area (TPSA) is 109 Å². The van der Waals surface area contributed by atoms with Crippen molar-refractivity contribution in [2.75, 3.05) is 12.0 Å². The molecular formula is C13H15N5O3. The van der Waals surface area contributed by atoms with Gasteiger partial charge in [-0.05, 0) is 32.0 Å². The smallest absolute Gasteiger partial charge is 0.287 e. The number of carbonyl (C=O) groups is 2. The maximum atomic E-state index is 11.6. The third kappa shape index (κ3) is 4.30. The molecule has 2 aromatic rings. The Morgan fingerprint density at radius 2 is 1.95 bits per heavy atom. The highest BCUT2D eigenvalue weighted by Crippen LogP contribution is 2.02. The van der Waals surface area contributed by atoms with Crippen molar-refractivity contribution < 1.29 is 14.0 Å². The van der Waals surface area contributed by atoms with Gasteiger partial charge >= 0.3 is 0 Å². The van der Waals surface area contributed by atoms with Crippen molar-refractivity contribution in [2.45, 2.75) is 13.8 Å². The van der Waals surface area contributed by atoms with E-state index in [1.165, 1.54) is 12.3 Å². The van der Waals surface area contributed by atoms with Crippen molar-refractivity contribution in [1.29, 1.82) is 0 Å². The van der Waals surface area contributed by atoms with Gasteiger partial charge in [-0.2, -0.15) is 0 Å². The molecule has 110 valence electrons. The zero-order valence-electron chi connectivity index (χ0n) is 11.6. The SMILES string of the molecule is Cc1cc(C)nc(NNC(=O)CNC(=O)c2ccco2)n1. The summed E-state index contributed by atoms with van der Waals surface area (Å²) in [6.07, 6.45) is 1.38. The Kier molecular flexibility index (Phi) is 4.50. The van der Waals surface area contributed by atoms with Crippen molar-refractivity contribution in [2.24, 2.45) is 0 Å². The van der Waals surface area contributed by atoms with E-state index in [1.807, 2.05) is 19.9 Å². The predicted molar refractivity (Wildman–Crippen MR) is 74.3 cm³/mol. The van der Waals surface area contributed by atoms with Gasteiger partial charge < -0.3 is 9.73 Å². The van der Waals surface area contributed by atoms with Crippen LogP contribution in [0.5, 0.6) is 0 Å². The lowest BCUT2D eigenvalue weighted by Crippen LogP contribution is -2.39. The van der Waals surface area contributed by atoms with Crippen LogP contribution in [-0.2, 0) is 4.79 Å². The number of hydrogen-bond acceptors (Lipinski definition) is 6. The van der Waals surface area contributed by atoms with Crippen molar-refractivity contribution in [3.63, 3.8) is 0 Å². The average molecular weight is 289 g/mol. The molecule has 2 amide bonds. The van der Waals surface area contributed by atoms with Gasteiger partial charge in [0.1, 0.15) is 0 Å². The molecule has 21 heavy (non-hydrogen) atoms. The molecule has 0 unspecified atom stereocenters. The van der Waals surface area contributed by atoms with E-state index in [0.717, 1.165) is 11.4 Å². The first-order chi connectivity index (χ1) is 10.0. The van der Waals surface area contributed by atoms with Crippen LogP contribution in [0.25, 0.3) is 0 Å². The van der Waals surface area contributed by atoms with Gasteiger partial charge in [-0.15, -0.1) is 0 Å². The second-order valence-electron chi connectivity index (χ2n) is 4.31. The van der Waals surface area contributed by atoms with Crippen molar-refractivity contribution in [3.05, 3.63) is 41.6 Å². The Morgan fingerprint density at radius 1 is 1.24 bits per heavy atom. The number of furan rings is 1. The molecule has 8 heteroatoms. The minimum absolute atomic E-state index is 0.147. The third-order valence-corrected chi connectivity index (χ3v) is 2.45. The van der Waals surface area contributed by atoms with E-state index in [1.54, 1.807) is 6.07 Å². The number of nitrogens with zero attached hydrogens (tertiary/aromatic N) is 2. The maximum absolute atomic E-state index is 11.6. The summed E-state index contributed by atoms with van der Waals surface area (Å²) in [7, 11) is 0. The van der Waals surface area contributed by atoms with Crippen LogP contribution in [0.3, 0.4) is 0 Å². The summed E-state index contributed by atoms with van der Waals surface area (Å²) in [5, 5.41) is 2.42. The number of nitrogens with one attached hydrogen (secondary N) is 3. The molecule has 0 saturated heterocycles. The fourth-order valence-electron chi connectivity index (χ4n) is 1.61. The van der Waals surface area contributed by atoms with E-state index in [-0.39, 0.29) is 12.3 Å². The van der Waals surface area contributed by atoms with Crippen LogP contribution < -0.4 is 16.2 Å². The van der Waals surface area contributed by atoms with Gasteiger partial charge in [0.25, 0.3) is 11.8 Å². The fraction of sp³-hybridized carbons (Fsp3) is 0.231. The molecule has 2 aromatic heterocycles. The second kappa shape index (κ2) is 6.51. The van der Waals surface area contributed by atoms with E-state index >= 15 is 0 Å². The maximum Gasteiger partial charge on any atom is 0.287 e. The highest BCUT2D eigenvalue weighted by atomic mass is 16.3. The normalized spacial score (nSPS) is 10.0. The Hall–Kier alpha value is -2.90. The average Bonchev–Trinajstić information content (AvgIpc) is 2.95. The second-order valence-corrected chi connectivity index (χ2v) is 4.31. The molecule has 0 atom stereocenters. The third-order valence-electron chi connectivity index (χ3n) is 2.45. The Balaban J connectivity index is 1.78. The van der Waals surface area contributed by atoms with Gasteiger partial charge in [0.05, 0.1) is 12.8 Å². The minimum atomic E-state index is -0.460. The van der Waals surface area contributed by atoms with Gasteiger partial charge in [-0.3, -0.25) is 20.4 Å². The number of rotatable bonds is 5. The van der Waals surface area contributed by atoms with Gasteiger partial charge in [-0.25, -0.2) is 9.97 Å². The molecule has 0 radical (unpaired) electrons. The molecular weight excluding hydrogens is 274 g/mol. The lowest BCUT2D eigenvalue weighted by molar-refractivity contribution is -0.119. The number of amides is 2. The van der Waals surface area contributed by atoms with Crippen molar-refractivity contribution in [1.82, 2.24) is 20.7 Å². The molecule has 0 saturated carbocycles. The van der Waals surface area contributed by atoms with Crippen molar-refractivity contribution >= 4 is 17.8 Å². The lowest BCUT2D eigenvalue weighted by Gasteiger charge is -2.08. The van der Waals surface area contributed by atoms with E-state index in [9.17, 15) is 9.59 Å². The van der Waals surface area contributed by atoms with Gasteiger partial charge in [0.15, 0.2) is 5.76 Å². The fourth-order valence-corrected chi connectivity index (χ4v) is 1.61. The van der Waals surface area contributed by atoms with Gasteiger partial charge in [0.2, 0.25) is 5.95 Å². The van der Waals surface area contributed by atoms with Crippen molar-refractivity contribution in [3.8, 4) is 0 Å². The van der Waals surface area contributed by atoms with E-state index in [0.29, 0.717) is 5.95 Å². The summed E-state index contributed by atoms with van der Waals surface area (Å²) in [6, 6.07) is 4.92. The molecule has 0 bridgehead atoms. The first-order valence-electron chi connectivity index (χ1n) is 6.23. The minimum Gasteiger partial charge on any atom is -0.459 e. The highest BCUT2D eigenvalue weighted by molar-refractivity contribution is 5.94. The number of aryl methyl sites for hydroxylation is 2. The zero-order chi connectivity index (χ0) is 15.2. The summed E-state index contributed by atoms with van der Waals surface area (Å²) in [5.41, 5.74) is 6.55. The molecule has 2 heterocycles. The summed E-state index contributed by atoms with van der Waals surface area (Å²) in [5.74, 6) is -0.456. The predicted octanol–water partition coefficient (Wildman–Crippen LogP) is 0.560. The number of hydrogen-bond donors (Lipinski definition) is 3. The quantitative estimate of drug-likeness (QED) is 0.694. The van der Waals surface area contributed by atoms with Gasteiger partial charge in [-0.1, -0.05) is 0 Å². The zero-order valence-corrected chi connectivity index (χ0v) is 11.6. The highest BCUT2D eigenvalue weighted by Gasteiger charge is 2.10. The van der Waals surface area contributed by atoms with E-state index in [2.05, 4.69) is 26.1 Å². The number of aromatic nitrogens is 2. The molecule has 0 spiro atoms. The standard InChI is InChI=1S/C13H15N5O3/c1-8-6-9(2)16-13(15-8)18-17-11(19)7-14-12(20)10-4-3-5-21-10/h3-6H,7H2,1-2H3,(H,14,20)(H,17,19)(H,15,16,18). The summed E-state index contributed by atoms with van der Waals surface area (Å²) >= 11 is 0. The summed E-state index contributed by atoms with van der Waals surface area (Å²) < 4.78 is 4.90. The Bertz CT molecular complexity index is 619. The first kappa shape index (κ1) is 14.5. The van der Waals surface area contributed by atoms with Crippen LogP contribution in [0.2, 0.25) is 0 Å². The van der Waals surface area contributed by atoms with Crippen LogP contribution in [-0.4, -0.2) is 28.3 Å². The summed E-state index contributed by atoms with van der Waals surface area (Å²) in [4.78, 5) is 31.3. The Labute approximate surface area is 120 Å². The molecule has 3 N–H and O–H groups in total. The van der Waals surface area contributed by atoms with Crippen LogP contribution in [0, 0.1) is 13.8 Å². The molecule has 0 aliphatic rings. The molecule has 2 rings (SSSR count). The monoisotopic (exact) mass is 289 g/mol. The van der Waals surface area contributed by atoms with Crippen LogP contribution in [0.1, 0.15) is 21.9 Å². The molecule has 0 fully saturated rings. The van der Waals surface area contributed by atoms with Crippen LogP contribution >= 0.6 is 0 Å². The summed E-state index contributed by atoms with van der Waals surface area (Å²) in [6.45, 7) is 3.45. The number of anilines is 1. The van der Waals surface area contributed by atoms with Crippen LogP contribution in [0.15, 0.2) is 28.9 Å². The van der Waals surface area contributed by atoms with Gasteiger partial charge in [0, 0.05) is 11.4 Å². The van der Waals surface area contributed by atoms with E-state index in [4.69, 9.17) is 4.42 Å². The lowest BCUT2D eigenvalue weighted by atomic mass is 10.4. The molecule has 0 aliphatic carbocycles. The molecule has 8 nitrogen and oxygen atoms in total.